The third-order valence-electron chi connectivity index (χ3n) is 7.03. The Morgan fingerprint density at radius 1 is 1.27 bits per heavy atom. The van der Waals surface area contributed by atoms with Crippen molar-refractivity contribution < 1.29 is 14.6 Å². The normalized spacial score (nSPS) is 21.0. The maximum Gasteiger partial charge on any atom is 0.225 e. The number of hydrogen-bond donors (Lipinski definition) is 2. The lowest BCUT2D eigenvalue weighted by Gasteiger charge is -2.36. The minimum Gasteiger partial charge on any atom is -0.496 e. The molecule has 0 bridgehead atoms. The van der Waals surface area contributed by atoms with E-state index in [2.05, 4.69) is 33.9 Å². The number of carbonyl (C=O) groups excluding carboxylic acids is 1. The number of aromatic nitrogens is 3. The number of amides is 1. The highest BCUT2D eigenvalue weighted by molar-refractivity contribution is 5.91. The Kier molecular flexibility index (Phi) is 7.37. The maximum atomic E-state index is 12.9. The molecule has 7 nitrogen and oxygen atoms in total. The van der Waals surface area contributed by atoms with Gasteiger partial charge in [0.25, 0.3) is 0 Å². The van der Waals surface area contributed by atoms with E-state index in [9.17, 15) is 9.90 Å². The molecule has 2 N–H and O–H groups in total. The molecule has 2 aliphatic carbocycles. The number of nitrogens with zero attached hydrogens (tertiary/aromatic N) is 3. The molecule has 4 rings (SSSR count). The number of benzene rings is 1. The van der Waals surface area contributed by atoms with Crippen LogP contribution in [0, 0.1) is 18.8 Å². The molecule has 0 radical (unpaired) electrons. The molecule has 1 atom stereocenters. The summed E-state index contributed by atoms with van der Waals surface area (Å²) in [5.41, 5.74) is 1.73. The van der Waals surface area contributed by atoms with Gasteiger partial charge in [-0.1, -0.05) is 19.9 Å². The van der Waals surface area contributed by atoms with Crippen LogP contribution in [-0.2, 0) is 4.79 Å². The molecule has 7 heteroatoms. The minimum absolute atomic E-state index is 0.0169. The summed E-state index contributed by atoms with van der Waals surface area (Å²) in [7, 11) is 1.63. The number of methoxy groups -OCH3 is 1. The van der Waals surface area contributed by atoms with Crippen molar-refractivity contribution in [2.75, 3.05) is 19.0 Å². The molecule has 1 aromatic carbocycles. The van der Waals surface area contributed by atoms with Gasteiger partial charge in [0.1, 0.15) is 17.4 Å². The number of nitrogens with one attached hydrogen (secondary N) is 1. The lowest BCUT2D eigenvalue weighted by molar-refractivity contribution is -0.116. The summed E-state index contributed by atoms with van der Waals surface area (Å²) >= 11 is 0. The Labute approximate surface area is 196 Å². The van der Waals surface area contributed by atoms with Crippen molar-refractivity contribution in [3.63, 3.8) is 0 Å². The zero-order valence-electron chi connectivity index (χ0n) is 20.4. The topological polar surface area (TPSA) is 89.3 Å². The highest BCUT2D eigenvalue weighted by atomic mass is 16.5. The standard InChI is InChI=1S/C26H38N4O3/c1-16(2)11-18-12-20(13-18)26-29-28-25(30(26)22-7-8-22)19(9-10-31)14-24(32)27-21-6-5-17(3)23(15-21)33-4/h5-6,15-16,18-20,22,31H,7-14H2,1-4H3,(H,27,32)/t18?,19-,20?/m0/s1. The molecule has 0 unspecified atom stereocenters. The van der Waals surface area contributed by atoms with Crippen LogP contribution in [-0.4, -0.2) is 39.5 Å². The van der Waals surface area contributed by atoms with Crippen LogP contribution in [0.4, 0.5) is 5.69 Å². The number of aliphatic hydroxyl groups is 1. The second-order valence-electron chi connectivity index (χ2n) is 10.3. The van der Waals surface area contributed by atoms with Crippen molar-refractivity contribution in [2.24, 2.45) is 11.8 Å². The van der Waals surface area contributed by atoms with Gasteiger partial charge < -0.3 is 19.7 Å². The highest BCUT2D eigenvalue weighted by Crippen LogP contribution is 2.48. The van der Waals surface area contributed by atoms with Crippen LogP contribution < -0.4 is 10.1 Å². The van der Waals surface area contributed by atoms with Gasteiger partial charge in [-0.15, -0.1) is 10.2 Å². The van der Waals surface area contributed by atoms with Gasteiger partial charge in [-0.3, -0.25) is 4.79 Å². The Morgan fingerprint density at radius 2 is 2.03 bits per heavy atom. The molecule has 0 spiro atoms. The third kappa shape index (κ3) is 5.57. The van der Waals surface area contributed by atoms with Gasteiger partial charge in [-0.2, -0.15) is 0 Å². The first-order valence-electron chi connectivity index (χ1n) is 12.4. The van der Waals surface area contributed by atoms with E-state index in [1.54, 1.807) is 7.11 Å². The lowest BCUT2D eigenvalue weighted by Crippen LogP contribution is -2.26. The average molecular weight is 455 g/mol. The first kappa shape index (κ1) is 23.7. The van der Waals surface area contributed by atoms with Crippen LogP contribution in [0.5, 0.6) is 5.75 Å². The molecule has 33 heavy (non-hydrogen) atoms. The van der Waals surface area contributed by atoms with Crippen molar-refractivity contribution in [1.29, 1.82) is 0 Å². The number of anilines is 1. The van der Waals surface area contributed by atoms with E-state index in [-0.39, 0.29) is 24.9 Å². The monoisotopic (exact) mass is 454 g/mol. The molecular weight excluding hydrogens is 416 g/mol. The van der Waals surface area contributed by atoms with Crippen molar-refractivity contribution in [2.45, 2.75) is 83.6 Å². The molecule has 2 saturated carbocycles. The van der Waals surface area contributed by atoms with Crippen LogP contribution in [0.1, 0.15) is 93.9 Å². The van der Waals surface area contributed by atoms with E-state index in [1.807, 2.05) is 25.1 Å². The summed E-state index contributed by atoms with van der Waals surface area (Å²) in [5.74, 6) is 4.45. The highest BCUT2D eigenvalue weighted by Gasteiger charge is 2.39. The quantitative estimate of drug-likeness (QED) is 0.501. The fourth-order valence-corrected chi connectivity index (χ4v) is 5.20. The molecule has 1 aromatic heterocycles. The zero-order chi connectivity index (χ0) is 23.5. The Bertz CT molecular complexity index is 960. The second kappa shape index (κ2) is 10.2. The van der Waals surface area contributed by atoms with Crippen LogP contribution in [0.25, 0.3) is 0 Å². The lowest BCUT2D eigenvalue weighted by atomic mass is 9.71. The number of hydrogen-bond acceptors (Lipinski definition) is 5. The predicted octanol–water partition coefficient (Wildman–Crippen LogP) is 4.96. The summed E-state index contributed by atoms with van der Waals surface area (Å²) in [6.45, 7) is 6.56. The van der Waals surface area contributed by atoms with Gasteiger partial charge in [0.05, 0.1) is 7.11 Å². The van der Waals surface area contributed by atoms with Crippen molar-refractivity contribution >= 4 is 11.6 Å². The minimum atomic E-state index is -0.157. The van der Waals surface area contributed by atoms with Crippen LogP contribution in [0.2, 0.25) is 0 Å². The van der Waals surface area contributed by atoms with Crippen LogP contribution in [0.3, 0.4) is 0 Å². The van der Waals surface area contributed by atoms with Crippen molar-refractivity contribution in [3.05, 3.63) is 35.4 Å². The molecule has 0 aliphatic heterocycles. The summed E-state index contributed by atoms with van der Waals surface area (Å²) in [4.78, 5) is 12.9. The number of rotatable bonds is 11. The predicted molar refractivity (Wildman–Crippen MR) is 129 cm³/mol. The molecular formula is C26H38N4O3. The van der Waals surface area contributed by atoms with E-state index in [0.717, 1.165) is 47.6 Å². The summed E-state index contributed by atoms with van der Waals surface area (Å²) in [6, 6.07) is 6.09. The van der Waals surface area contributed by atoms with Crippen molar-refractivity contribution in [3.8, 4) is 5.75 Å². The molecule has 2 aliphatic rings. The van der Waals surface area contributed by atoms with Gasteiger partial charge in [0, 0.05) is 42.7 Å². The van der Waals surface area contributed by atoms with E-state index in [1.165, 1.54) is 19.3 Å². The fourth-order valence-electron chi connectivity index (χ4n) is 5.20. The number of ether oxygens (including phenoxy) is 1. The average Bonchev–Trinajstić information content (AvgIpc) is 3.50. The second-order valence-corrected chi connectivity index (χ2v) is 10.3. The SMILES string of the molecule is COc1cc(NC(=O)C[C@H](CCO)c2nnc(C3CC(CC(C)C)C3)n2C2CC2)ccc1C. The largest absolute Gasteiger partial charge is 0.496 e. The molecule has 1 heterocycles. The van der Waals surface area contributed by atoms with Gasteiger partial charge >= 0.3 is 0 Å². The number of aliphatic hydroxyl groups excluding tert-OH is 1. The Morgan fingerprint density at radius 3 is 2.67 bits per heavy atom. The smallest absolute Gasteiger partial charge is 0.225 e. The molecule has 180 valence electrons. The Hall–Kier alpha value is -2.41. The van der Waals surface area contributed by atoms with Gasteiger partial charge in [0.15, 0.2) is 0 Å². The first-order chi connectivity index (χ1) is 15.9. The number of aryl methyl sites for hydroxylation is 1. The molecule has 2 fully saturated rings. The zero-order valence-corrected chi connectivity index (χ0v) is 20.4. The summed E-state index contributed by atoms with van der Waals surface area (Å²) in [6.07, 6.45) is 6.69. The summed E-state index contributed by atoms with van der Waals surface area (Å²) in [5, 5.41) is 21.9. The first-order valence-corrected chi connectivity index (χ1v) is 12.4. The number of carbonyl (C=O) groups is 1. The van der Waals surface area contributed by atoms with Crippen molar-refractivity contribution in [1.82, 2.24) is 14.8 Å². The third-order valence-corrected chi connectivity index (χ3v) is 7.03. The maximum absolute atomic E-state index is 12.9. The fraction of sp³-hybridized carbons (Fsp3) is 0.654. The Balaban J connectivity index is 1.47. The van der Waals surface area contributed by atoms with Gasteiger partial charge in [-0.25, -0.2) is 0 Å². The summed E-state index contributed by atoms with van der Waals surface area (Å²) < 4.78 is 7.69. The van der Waals surface area contributed by atoms with Gasteiger partial charge in [-0.05, 0) is 68.9 Å². The van der Waals surface area contributed by atoms with E-state index in [4.69, 9.17) is 4.74 Å². The molecule has 2 aromatic rings. The molecule has 1 amide bonds. The van der Waals surface area contributed by atoms with E-state index < -0.39 is 0 Å². The van der Waals surface area contributed by atoms with E-state index in [0.29, 0.717) is 24.1 Å². The van der Waals surface area contributed by atoms with Gasteiger partial charge in [0.2, 0.25) is 5.91 Å². The van der Waals surface area contributed by atoms with Crippen LogP contribution >= 0.6 is 0 Å². The van der Waals surface area contributed by atoms with E-state index >= 15 is 0 Å². The van der Waals surface area contributed by atoms with Crippen LogP contribution in [0.15, 0.2) is 18.2 Å². The molecule has 0 saturated heterocycles.